The molecule has 0 radical (unpaired) electrons. The number of ether oxygens (including phenoxy) is 3. The van der Waals surface area contributed by atoms with Gasteiger partial charge in [-0.25, -0.2) is 0 Å². The van der Waals surface area contributed by atoms with E-state index in [4.69, 9.17) is 14.2 Å². The molecule has 2 aromatic rings. The summed E-state index contributed by atoms with van der Waals surface area (Å²) in [7, 11) is 1.62. The van der Waals surface area contributed by atoms with Crippen molar-refractivity contribution in [3.05, 3.63) is 48.0 Å². The first-order valence-electron chi connectivity index (χ1n) is 10.2. The van der Waals surface area contributed by atoms with E-state index in [-0.39, 0.29) is 17.2 Å². The molecular formula is C23H26N2O4. The van der Waals surface area contributed by atoms with Crippen LogP contribution in [-0.2, 0) is 11.3 Å². The Morgan fingerprint density at radius 1 is 1.17 bits per heavy atom. The van der Waals surface area contributed by atoms with E-state index in [9.17, 15) is 4.79 Å². The molecule has 1 amide bonds. The highest BCUT2D eigenvalue weighted by Gasteiger charge is 2.58. The number of piperidine rings is 1. The van der Waals surface area contributed by atoms with Gasteiger partial charge >= 0.3 is 0 Å². The molecule has 1 atom stereocenters. The number of hydrogen-bond acceptors (Lipinski definition) is 5. The van der Waals surface area contributed by atoms with Gasteiger partial charge < -0.3 is 19.5 Å². The second-order valence-electron chi connectivity index (χ2n) is 8.27. The molecule has 1 aliphatic carbocycles. The number of benzene rings is 2. The van der Waals surface area contributed by atoms with E-state index < -0.39 is 0 Å². The van der Waals surface area contributed by atoms with Crippen LogP contribution in [-0.4, -0.2) is 37.8 Å². The van der Waals surface area contributed by atoms with Crippen LogP contribution in [0.3, 0.4) is 0 Å². The van der Waals surface area contributed by atoms with Crippen LogP contribution in [0.4, 0.5) is 5.69 Å². The summed E-state index contributed by atoms with van der Waals surface area (Å²) in [5.41, 5.74) is 2.17. The number of anilines is 1. The molecule has 0 bridgehead atoms. The fourth-order valence-corrected chi connectivity index (χ4v) is 4.69. The van der Waals surface area contributed by atoms with Crippen LogP contribution in [0, 0.1) is 11.3 Å². The molecule has 2 aromatic carbocycles. The van der Waals surface area contributed by atoms with Crippen LogP contribution in [0.15, 0.2) is 42.5 Å². The third-order valence-corrected chi connectivity index (χ3v) is 6.57. The second kappa shape index (κ2) is 7.26. The average Bonchev–Trinajstić information content (AvgIpc) is 3.24. The van der Waals surface area contributed by atoms with Gasteiger partial charge in [-0.05, 0) is 67.6 Å². The topological polar surface area (TPSA) is 60.0 Å². The lowest BCUT2D eigenvalue weighted by Gasteiger charge is -2.32. The van der Waals surface area contributed by atoms with Crippen molar-refractivity contribution in [1.82, 2.24) is 4.90 Å². The number of likely N-dealkylation sites (tertiary alicyclic amines) is 1. The SMILES string of the molecule is COc1ccccc1NC(=O)[C@H]1CC12CCN(Cc1ccc3c(c1)OCO3)CC2. The molecule has 152 valence electrons. The van der Waals surface area contributed by atoms with E-state index in [1.807, 2.05) is 30.3 Å². The molecule has 0 aromatic heterocycles. The van der Waals surface area contributed by atoms with E-state index in [1.54, 1.807) is 7.11 Å². The largest absolute Gasteiger partial charge is 0.495 e. The molecule has 3 aliphatic rings. The summed E-state index contributed by atoms with van der Waals surface area (Å²) in [6, 6.07) is 13.7. The monoisotopic (exact) mass is 394 g/mol. The molecule has 1 saturated carbocycles. The smallest absolute Gasteiger partial charge is 0.231 e. The lowest BCUT2D eigenvalue weighted by Crippen LogP contribution is -2.35. The third-order valence-electron chi connectivity index (χ3n) is 6.57. The van der Waals surface area contributed by atoms with Crippen molar-refractivity contribution in [3.63, 3.8) is 0 Å². The number of hydrogen-bond donors (Lipinski definition) is 1. The van der Waals surface area contributed by atoms with Crippen LogP contribution < -0.4 is 19.5 Å². The van der Waals surface area contributed by atoms with Gasteiger partial charge in [-0.1, -0.05) is 18.2 Å². The van der Waals surface area contributed by atoms with Crippen LogP contribution in [0.25, 0.3) is 0 Å². The fourth-order valence-electron chi connectivity index (χ4n) is 4.69. The first-order valence-corrected chi connectivity index (χ1v) is 10.2. The maximum absolute atomic E-state index is 12.8. The van der Waals surface area contributed by atoms with Gasteiger partial charge in [-0.15, -0.1) is 0 Å². The Balaban J connectivity index is 1.15. The Morgan fingerprint density at radius 2 is 1.97 bits per heavy atom. The number of fused-ring (bicyclic) bond motifs is 1. The lowest BCUT2D eigenvalue weighted by atomic mass is 9.90. The van der Waals surface area contributed by atoms with Crippen molar-refractivity contribution in [2.75, 3.05) is 32.3 Å². The van der Waals surface area contributed by atoms with Gasteiger partial charge in [0.25, 0.3) is 0 Å². The van der Waals surface area contributed by atoms with Gasteiger partial charge in [0.05, 0.1) is 12.8 Å². The van der Waals surface area contributed by atoms with Crippen molar-refractivity contribution in [3.8, 4) is 17.2 Å². The van der Waals surface area contributed by atoms with E-state index in [1.165, 1.54) is 5.56 Å². The highest BCUT2D eigenvalue weighted by atomic mass is 16.7. The Bertz CT molecular complexity index is 921. The minimum Gasteiger partial charge on any atom is -0.495 e. The highest BCUT2D eigenvalue weighted by Crippen LogP contribution is 2.59. The van der Waals surface area contributed by atoms with Gasteiger partial charge in [-0.3, -0.25) is 9.69 Å². The van der Waals surface area contributed by atoms with E-state index >= 15 is 0 Å². The van der Waals surface area contributed by atoms with Gasteiger partial charge in [0, 0.05) is 12.5 Å². The maximum atomic E-state index is 12.8. The van der Waals surface area contributed by atoms with Gasteiger partial charge in [-0.2, -0.15) is 0 Å². The molecular weight excluding hydrogens is 368 g/mol. The summed E-state index contributed by atoms with van der Waals surface area (Å²) in [4.78, 5) is 15.3. The quantitative estimate of drug-likeness (QED) is 0.839. The second-order valence-corrected chi connectivity index (χ2v) is 8.27. The number of methoxy groups -OCH3 is 1. The first kappa shape index (κ1) is 18.3. The number of carbonyl (C=O) groups excluding carboxylic acids is 1. The summed E-state index contributed by atoms with van der Waals surface area (Å²) >= 11 is 0. The molecule has 1 spiro atoms. The average molecular weight is 394 g/mol. The van der Waals surface area contributed by atoms with Crippen molar-refractivity contribution >= 4 is 11.6 Å². The summed E-state index contributed by atoms with van der Waals surface area (Å²) in [5.74, 6) is 2.60. The van der Waals surface area contributed by atoms with E-state index in [0.717, 1.165) is 56.1 Å². The number of rotatable bonds is 5. The molecule has 2 aliphatic heterocycles. The molecule has 2 heterocycles. The van der Waals surface area contributed by atoms with Crippen molar-refractivity contribution in [2.45, 2.75) is 25.8 Å². The molecule has 29 heavy (non-hydrogen) atoms. The van der Waals surface area contributed by atoms with Crippen molar-refractivity contribution < 1.29 is 19.0 Å². The number of nitrogens with one attached hydrogen (secondary N) is 1. The zero-order chi connectivity index (χ0) is 19.8. The molecule has 0 unspecified atom stereocenters. The summed E-state index contributed by atoms with van der Waals surface area (Å²) < 4.78 is 16.2. The standard InChI is InChI=1S/C23H26N2O4/c1-27-19-5-3-2-4-18(19)24-22(26)17-13-23(17)8-10-25(11-9-23)14-16-6-7-20-21(12-16)29-15-28-20/h2-7,12,17H,8-11,13-15H2,1H3,(H,24,26)/t17-/m1/s1. The zero-order valence-corrected chi connectivity index (χ0v) is 16.6. The van der Waals surface area contributed by atoms with Crippen LogP contribution in [0.2, 0.25) is 0 Å². The predicted molar refractivity (Wildman–Crippen MR) is 109 cm³/mol. The van der Waals surface area contributed by atoms with Crippen LogP contribution in [0.5, 0.6) is 17.2 Å². The number of amides is 1. The predicted octanol–water partition coefficient (Wildman–Crippen LogP) is 3.66. The van der Waals surface area contributed by atoms with Gasteiger partial charge in [0.2, 0.25) is 12.7 Å². The molecule has 6 nitrogen and oxygen atoms in total. The fraction of sp³-hybridized carbons (Fsp3) is 0.435. The summed E-state index contributed by atoms with van der Waals surface area (Å²) in [6.45, 7) is 3.26. The van der Waals surface area contributed by atoms with E-state index in [0.29, 0.717) is 12.5 Å². The molecule has 1 N–H and O–H groups in total. The number of para-hydroxylation sites is 2. The number of nitrogens with zero attached hydrogens (tertiary/aromatic N) is 1. The minimum atomic E-state index is 0.111. The highest BCUT2D eigenvalue weighted by molar-refractivity contribution is 5.96. The zero-order valence-electron chi connectivity index (χ0n) is 16.6. The Kier molecular flexibility index (Phi) is 4.59. The number of carbonyl (C=O) groups is 1. The normalized spacial score (nSPS) is 21.8. The lowest BCUT2D eigenvalue weighted by molar-refractivity contribution is -0.118. The molecule has 6 heteroatoms. The Morgan fingerprint density at radius 3 is 2.79 bits per heavy atom. The van der Waals surface area contributed by atoms with Gasteiger partial charge in [0.15, 0.2) is 11.5 Å². The molecule has 5 rings (SSSR count). The van der Waals surface area contributed by atoms with Crippen molar-refractivity contribution in [2.24, 2.45) is 11.3 Å². The Hall–Kier alpha value is -2.73. The minimum absolute atomic E-state index is 0.111. The third kappa shape index (κ3) is 3.53. The van der Waals surface area contributed by atoms with Crippen molar-refractivity contribution in [1.29, 1.82) is 0 Å². The summed E-state index contributed by atoms with van der Waals surface area (Å²) in [5, 5.41) is 3.07. The van der Waals surface area contributed by atoms with E-state index in [2.05, 4.69) is 22.3 Å². The molecule has 1 saturated heterocycles. The van der Waals surface area contributed by atoms with Crippen LogP contribution >= 0.6 is 0 Å². The summed E-state index contributed by atoms with van der Waals surface area (Å²) in [6.07, 6.45) is 3.13. The Labute approximate surface area is 170 Å². The maximum Gasteiger partial charge on any atom is 0.231 e. The van der Waals surface area contributed by atoms with Crippen LogP contribution in [0.1, 0.15) is 24.8 Å². The first-order chi connectivity index (χ1) is 14.2. The molecule has 2 fully saturated rings. The van der Waals surface area contributed by atoms with Gasteiger partial charge in [0.1, 0.15) is 5.75 Å².